The third-order valence-electron chi connectivity index (χ3n) is 4.67. The molecule has 0 radical (unpaired) electrons. The van der Waals surface area contributed by atoms with E-state index in [0.29, 0.717) is 6.54 Å². The third kappa shape index (κ3) is 4.16. The number of nitrogens with zero attached hydrogens (tertiary/aromatic N) is 2. The molecule has 0 saturated heterocycles. The van der Waals surface area contributed by atoms with Gasteiger partial charge in [0.25, 0.3) is 0 Å². The highest BCUT2D eigenvalue weighted by atomic mass is 16.2. The van der Waals surface area contributed by atoms with Crippen LogP contribution < -0.4 is 10.6 Å². The summed E-state index contributed by atoms with van der Waals surface area (Å²) >= 11 is 0. The number of rotatable bonds is 6. The lowest BCUT2D eigenvalue weighted by Gasteiger charge is -2.11. The Morgan fingerprint density at radius 1 is 1.25 bits per heavy atom. The second-order valence-electron chi connectivity index (χ2n) is 6.80. The highest BCUT2D eigenvalue weighted by Gasteiger charge is 2.23. The van der Waals surface area contributed by atoms with E-state index in [-0.39, 0.29) is 6.03 Å². The molecule has 1 heterocycles. The predicted octanol–water partition coefficient (Wildman–Crippen LogP) is 3.58. The first-order chi connectivity index (χ1) is 11.5. The predicted molar refractivity (Wildman–Crippen MR) is 96.3 cm³/mol. The second kappa shape index (κ2) is 7.07. The van der Waals surface area contributed by atoms with Crippen LogP contribution in [0.5, 0.6) is 0 Å². The summed E-state index contributed by atoms with van der Waals surface area (Å²) in [4.78, 5) is 16.5. The molecule has 2 aromatic rings. The minimum absolute atomic E-state index is 0.171. The molecule has 24 heavy (non-hydrogen) atoms. The van der Waals surface area contributed by atoms with Crippen molar-refractivity contribution in [3.63, 3.8) is 0 Å². The van der Waals surface area contributed by atoms with Crippen LogP contribution in [0.4, 0.5) is 10.5 Å². The van der Waals surface area contributed by atoms with Crippen LogP contribution >= 0.6 is 0 Å². The zero-order valence-electron chi connectivity index (χ0n) is 14.7. The summed E-state index contributed by atoms with van der Waals surface area (Å²) in [7, 11) is 0. The minimum Gasteiger partial charge on any atom is -0.337 e. The molecule has 0 spiro atoms. The number of nitrogens with one attached hydrogen (secondary N) is 2. The van der Waals surface area contributed by atoms with Gasteiger partial charge in [-0.05, 0) is 62.8 Å². The van der Waals surface area contributed by atoms with Crippen molar-refractivity contribution in [2.24, 2.45) is 5.92 Å². The first kappa shape index (κ1) is 16.6. The number of anilines is 1. The first-order valence-corrected chi connectivity index (χ1v) is 8.66. The van der Waals surface area contributed by atoms with Gasteiger partial charge in [0, 0.05) is 37.1 Å². The van der Waals surface area contributed by atoms with Gasteiger partial charge < -0.3 is 15.2 Å². The average Bonchev–Trinajstić information content (AvgIpc) is 3.30. The number of hydrogen-bond donors (Lipinski definition) is 2. The number of imidazole rings is 1. The lowest BCUT2D eigenvalue weighted by Crippen LogP contribution is -2.31. The van der Waals surface area contributed by atoms with Gasteiger partial charge in [-0.1, -0.05) is 6.07 Å². The maximum Gasteiger partial charge on any atom is 0.319 e. The minimum atomic E-state index is -0.171. The number of carbonyl (C=O) groups excluding carboxylic acids is 1. The monoisotopic (exact) mass is 326 g/mol. The molecular formula is C19H26N4O. The van der Waals surface area contributed by atoms with E-state index in [4.69, 9.17) is 0 Å². The standard InChI is InChI=1S/C19H26N4O/c1-13-4-7-17(10-14(13)2)22-19(24)20-9-8-18-21-11-15(3)23(18)12-16-5-6-16/h4,7,10-11,16H,5-6,8-9,12H2,1-3H3,(H2,20,22,24). The van der Waals surface area contributed by atoms with E-state index in [9.17, 15) is 4.79 Å². The van der Waals surface area contributed by atoms with Crippen molar-refractivity contribution in [1.29, 1.82) is 0 Å². The van der Waals surface area contributed by atoms with Gasteiger partial charge in [0.15, 0.2) is 0 Å². The lowest BCUT2D eigenvalue weighted by atomic mass is 10.1. The molecule has 0 aliphatic heterocycles. The van der Waals surface area contributed by atoms with Crippen LogP contribution in [0.1, 0.15) is 35.5 Å². The molecule has 0 unspecified atom stereocenters. The molecule has 2 N–H and O–H groups in total. The lowest BCUT2D eigenvalue weighted by molar-refractivity contribution is 0.252. The van der Waals surface area contributed by atoms with E-state index in [0.717, 1.165) is 30.4 Å². The Kier molecular flexibility index (Phi) is 4.88. The molecule has 1 aliphatic carbocycles. The molecule has 5 nitrogen and oxygen atoms in total. The topological polar surface area (TPSA) is 59.0 Å². The number of benzene rings is 1. The summed E-state index contributed by atoms with van der Waals surface area (Å²) in [5.74, 6) is 1.88. The Morgan fingerprint density at radius 2 is 2.04 bits per heavy atom. The summed E-state index contributed by atoms with van der Waals surface area (Å²) in [6.45, 7) is 7.85. The van der Waals surface area contributed by atoms with Crippen LogP contribution in [0, 0.1) is 26.7 Å². The Morgan fingerprint density at radius 3 is 2.75 bits per heavy atom. The smallest absolute Gasteiger partial charge is 0.319 e. The van der Waals surface area contributed by atoms with Gasteiger partial charge in [0.2, 0.25) is 0 Å². The number of aryl methyl sites for hydroxylation is 3. The van der Waals surface area contributed by atoms with Gasteiger partial charge in [-0.15, -0.1) is 0 Å². The van der Waals surface area contributed by atoms with Crippen molar-refractivity contribution in [2.75, 3.05) is 11.9 Å². The molecule has 1 saturated carbocycles. The van der Waals surface area contributed by atoms with Crippen LogP contribution in [0.3, 0.4) is 0 Å². The van der Waals surface area contributed by atoms with Crippen LogP contribution in [0.2, 0.25) is 0 Å². The number of hydrogen-bond acceptors (Lipinski definition) is 2. The number of amides is 2. The SMILES string of the molecule is Cc1ccc(NC(=O)NCCc2ncc(C)n2CC2CC2)cc1C. The van der Waals surface area contributed by atoms with Crippen LogP contribution in [-0.4, -0.2) is 22.1 Å². The maximum absolute atomic E-state index is 12.0. The quantitative estimate of drug-likeness (QED) is 0.852. The molecule has 0 bridgehead atoms. The maximum atomic E-state index is 12.0. The Bertz CT molecular complexity index is 731. The fraction of sp³-hybridized carbons (Fsp3) is 0.474. The summed E-state index contributed by atoms with van der Waals surface area (Å²) in [5.41, 5.74) is 4.42. The van der Waals surface area contributed by atoms with E-state index in [2.05, 4.69) is 34.0 Å². The highest BCUT2D eigenvalue weighted by Crippen LogP contribution is 2.31. The van der Waals surface area contributed by atoms with Gasteiger partial charge in [-0.25, -0.2) is 9.78 Å². The number of urea groups is 1. The third-order valence-corrected chi connectivity index (χ3v) is 4.67. The van der Waals surface area contributed by atoms with E-state index < -0.39 is 0 Å². The second-order valence-corrected chi connectivity index (χ2v) is 6.80. The van der Waals surface area contributed by atoms with Crippen LogP contribution in [-0.2, 0) is 13.0 Å². The van der Waals surface area contributed by atoms with E-state index in [1.807, 2.05) is 31.3 Å². The molecule has 0 atom stereocenters. The zero-order chi connectivity index (χ0) is 17.1. The number of aromatic nitrogens is 2. The Labute approximate surface area is 143 Å². The highest BCUT2D eigenvalue weighted by molar-refractivity contribution is 5.89. The molecule has 2 amide bonds. The zero-order valence-corrected chi connectivity index (χ0v) is 14.7. The molecule has 1 aromatic carbocycles. The largest absolute Gasteiger partial charge is 0.337 e. The summed E-state index contributed by atoms with van der Waals surface area (Å²) in [5, 5.41) is 5.80. The molecular weight excluding hydrogens is 300 g/mol. The van der Waals surface area contributed by atoms with Crippen LogP contribution in [0.25, 0.3) is 0 Å². The van der Waals surface area contributed by atoms with Gasteiger partial charge in [0.1, 0.15) is 5.82 Å². The molecule has 1 fully saturated rings. The molecule has 128 valence electrons. The summed E-state index contributed by atoms with van der Waals surface area (Å²) < 4.78 is 2.29. The fourth-order valence-corrected chi connectivity index (χ4v) is 2.80. The summed E-state index contributed by atoms with van der Waals surface area (Å²) in [6.07, 6.45) is 5.33. The van der Waals surface area contributed by atoms with E-state index >= 15 is 0 Å². The van der Waals surface area contributed by atoms with Crippen LogP contribution in [0.15, 0.2) is 24.4 Å². The van der Waals surface area contributed by atoms with E-state index in [1.54, 1.807) is 0 Å². The normalized spacial score (nSPS) is 13.8. The van der Waals surface area contributed by atoms with Crippen molar-refractivity contribution in [3.05, 3.63) is 47.0 Å². The van der Waals surface area contributed by atoms with Gasteiger partial charge in [-0.2, -0.15) is 0 Å². The van der Waals surface area contributed by atoms with Gasteiger partial charge >= 0.3 is 6.03 Å². The Hall–Kier alpha value is -2.30. The first-order valence-electron chi connectivity index (χ1n) is 8.66. The Balaban J connectivity index is 1.49. The van der Waals surface area contributed by atoms with Gasteiger partial charge in [-0.3, -0.25) is 0 Å². The summed E-state index contributed by atoms with van der Waals surface area (Å²) in [6, 6.07) is 5.76. The average molecular weight is 326 g/mol. The number of carbonyl (C=O) groups is 1. The van der Waals surface area contributed by atoms with Crippen molar-refractivity contribution in [2.45, 2.75) is 46.6 Å². The van der Waals surface area contributed by atoms with Crippen molar-refractivity contribution in [1.82, 2.24) is 14.9 Å². The van der Waals surface area contributed by atoms with Crippen molar-refractivity contribution < 1.29 is 4.79 Å². The molecule has 3 rings (SSSR count). The van der Waals surface area contributed by atoms with Crippen molar-refractivity contribution in [3.8, 4) is 0 Å². The molecule has 1 aromatic heterocycles. The molecule has 1 aliphatic rings. The van der Waals surface area contributed by atoms with Gasteiger partial charge in [0.05, 0.1) is 0 Å². The molecule has 5 heteroatoms. The van der Waals surface area contributed by atoms with Crippen molar-refractivity contribution >= 4 is 11.7 Å². The van der Waals surface area contributed by atoms with E-state index in [1.165, 1.54) is 29.7 Å². The fourth-order valence-electron chi connectivity index (χ4n) is 2.80.